The number of amides is 1. The van der Waals surface area contributed by atoms with Crippen LogP contribution in [-0.4, -0.2) is 24.1 Å². The highest BCUT2D eigenvalue weighted by atomic mass is 32.1. The third-order valence-electron chi connectivity index (χ3n) is 7.02. The van der Waals surface area contributed by atoms with Crippen molar-refractivity contribution < 1.29 is 9.53 Å². The smallest absolute Gasteiger partial charge is 0.228 e. The van der Waals surface area contributed by atoms with Crippen LogP contribution in [-0.2, 0) is 23.2 Å². The van der Waals surface area contributed by atoms with E-state index in [2.05, 4.69) is 93.4 Å². The van der Waals surface area contributed by atoms with Gasteiger partial charge in [0, 0.05) is 21.9 Å². The maximum absolute atomic E-state index is 13.8. The van der Waals surface area contributed by atoms with Crippen LogP contribution in [0, 0.1) is 13.8 Å². The Bertz CT molecular complexity index is 1160. The third kappa shape index (κ3) is 5.79. The molecule has 0 spiro atoms. The first-order chi connectivity index (χ1) is 16.7. The highest BCUT2D eigenvalue weighted by Crippen LogP contribution is 2.37. The number of likely N-dealkylation sites (tertiary alicyclic amines) is 1. The molecular formula is C30H38N2O2S. The van der Waals surface area contributed by atoms with Crippen LogP contribution in [0.2, 0.25) is 0 Å². The molecule has 4 rings (SSSR count). The van der Waals surface area contributed by atoms with Gasteiger partial charge in [-0.2, -0.15) is 0 Å². The molecule has 0 aliphatic carbocycles. The van der Waals surface area contributed by atoms with Crippen molar-refractivity contribution in [3.8, 4) is 5.75 Å². The number of nitrogens with zero attached hydrogens (tertiary/aromatic N) is 1. The molecule has 4 nitrogen and oxygen atoms in total. The number of rotatable bonds is 7. The highest BCUT2D eigenvalue weighted by molar-refractivity contribution is 7.12. The normalized spacial score (nSPS) is 18.2. The van der Waals surface area contributed by atoms with Crippen LogP contribution in [0.3, 0.4) is 0 Å². The lowest BCUT2D eigenvalue weighted by atomic mass is 9.86. The van der Waals surface area contributed by atoms with Gasteiger partial charge in [-0.1, -0.05) is 63.2 Å². The second-order valence-electron chi connectivity index (χ2n) is 10.6. The molecule has 35 heavy (non-hydrogen) atoms. The minimum atomic E-state index is -0.0178. The number of nitrogens with one attached hydrogen (secondary N) is 1. The molecule has 1 aromatic heterocycles. The first kappa shape index (κ1) is 25.5. The van der Waals surface area contributed by atoms with Gasteiger partial charge >= 0.3 is 0 Å². The second kappa shape index (κ2) is 10.5. The van der Waals surface area contributed by atoms with Gasteiger partial charge in [-0.3, -0.25) is 10.1 Å². The Hall–Kier alpha value is -2.63. The van der Waals surface area contributed by atoms with Crippen molar-refractivity contribution in [2.75, 3.05) is 7.11 Å². The molecule has 0 bridgehead atoms. The molecule has 1 N–H and O–H groups in total. The predicted octanol–water partition coefficient (Wildman–Crippen LogP) is 6.69. The van der Waals surface area contributed by atoms with Gasteiger partial charge in [0.05, 0.1) is 25.7 Å². The van der Waals surface area contributed by atoms with Crippen molar-refractivity contribution in [3.05, 3.63) is 86.6 Å². The first-order valence-corrected chi connectivity index (χ1v) is 13.3. The fraction of sp³-hybridized carbons (Fsp3) is 0.433. The number of carbonyl (C=O) groups excluding carboxylic acids is 1. The molecule has 0 saturated carbocycles. The van der Waals surface area contributed by atoms with E-state index in [-0.39, 0.29) is 23.5 Å². The SMILES string of the molecule is COc1ccc(C(C)(C)C)cc1CNC1CCC(c2ccccc2)N1C(=O)Cc1cc(C)sc1C. The lowest BCUT2D eigenvalue weighted by molar-refractivity contribution is -0.134. The Balaban J connectivity index is 1.58. The standard InChI is InChI=1S/C30H38N2O2S/c1-20-16-23(21(2)35-20)18-29(33)32-26(22-10-8-7-9-11-22)13-15-28(32)31-19-24-17-25(30(3,4)5)12-14-27(24)34-6/h7-12,14,16-17,26,28,31H,13,15,18-19H2,1-6H3. The molecule has 2 unspecified atom stereocenters. The maximum Gasteiger partial charge on any atom is 0.228 e. The number of aryl methyl sites for hydroxylation is 2. The van der Waals surface area contributed by atoms with Crippen molar-refractivity contribution in [1.82, 2.24) is 10.2 Å². The molecular weight excluding hydrogens is 452 g/mol. The Morgan fingerprint density at radius 3 is 2.43 bits per heavy atom. The van der Waals surface area contributed by atoms with Gasteiger partial charge in [0.2, 0.25) is 5.91 Å². The Kier molecular flexibility index (Phi) is 7.67. The van der Waals surface area contributed by atoms with Gasteiger partial charge in [-0.15, -0.1) is 11.3 Å². The predicted molar refractivity (Wildman–Crippen MR) is 145 cm³/mol. The molecule has 1 amide bonds. The topological polar surface area (TPSA) is 41.6 Å². The van der Waals surface area contributed by atoms with E-state index < -0.39 is 0 Å². The summed E-state index contributed by atoms with van der Waals surface area (Å²) in [7, 11) is 1.72. The van der Waals surface area contributed by atoms with Crippen LogP contribution < -0.4 is 10.1 Å². The van der Waals surface area contributed by atoms with Gasteiger partial charge in [-0.25, -0.2) is 0 Å². The monoisotopic (exact) mass is 490 g/mol. The first-order valence-electron chi connectivity index (χ1n) is 12.5. The van der Waals surface area contributed by atoms with Crippen LogP contribution >= 0.6 is 11.3 Å². The fourth-order valence-corrected chi connectivity index (χ4v) is 6.03. The highest BCUT2D eigenvalue weighted by Gasteiger charge is 2.37. The number of hydrogen-bond donors (Lipinski definition) is 1. The van der Waals surface area contributed by atoms with Gasteiger partial charge in [0.1, 0.15) is 5.75 Å². The molecule has 0 radical (unpaired) electrons. The number of benzene rings is 2. The number of carbonyl (C=O) groups is 1. The van der Waals surface area contributed by atoms with E-state index in [1.165, 1.54) is 20.9 Å². The number of thiophene rings is 1. The Morgan fingerprint density at radius 2 is 1.80 bits per heavy atom. The largest absolute Gasteiger partial charge is 0.496 e. The van der Waals surface area contributed by atoms with E-state index in [9.17, 15) is 4.79 Å². The molecule has 186 valence electrons. The summed E-state index contributed by atoms with van der Waals surface area (Å²) in [5.41, 5.74) is 4.82. The molecule has 3 aromatic rings. The van der Waals surface area contributed by atoms with E-state index >= 15 is 0 Å². The van der Waals surface area contributed by atoms with Crippen LogP contribution in [0.4, 0.5) is 0 Å². The average Bonchev–Trinajstić information content (AvgIpc) is 3.39. The van der Waals surface area contributed by atoms with Crippen LogP contribution in [0.25, 0.3) is 0 Å². The summed E-state index contributed by atoms with van der Waals surface area (Å²) in [5.74, 6) is 1.07. The van der Waals surface area contributed by atoms with Crippen molar-refractivity contribution in [2.24, 2.45) is 0 Å². The quantitative estimate of drug-likeness (QED) is 0.401. The van der Waals surface area contributed by atoms with Gasteiger partial charge < -0.3 is 9.64 Å². The molecule has 2 heterocycles. The van der Waals surface area contributed by atoms with Crippen molar-refractivity contribution in [2.45, 2.75) is 78.0 Å². The summed E-state index contributed by atoms with van der Waals surface area (Å²) in [5, 5.41) is 3.72. The van der Waals surface area contributed by atoms with Crippen LogP contribution in [0.1, 0.15) is 71.7 Å². The zero-order valence-electron chi connectivity index (χ0n) is 21.9. The summed E-state index contributed by atoms with van der Waals surface area (Å²) in [6.45, 7) is 11.5. The lowest BCUT2D eigenvalue weighted by Crippen LogP contribution is -2.46. The van der Waals surface area contributed by atoms with Crippen molar-refractivity contribution in [1.29, 1.82) is 0 Å². The second-order valence-corrected chi connectivity index (χ2v) is 12.1. The molecule has 2 atom stereocenters. The third-order valence-corrected chi connectivity index (χ3v) is 8.03. The molecule has 1 aliphatic heterocycles. The minimum Gasteiger partial charge on any atom is -0.496 e. The molecule has 2 aromatic carbocycles. The summed E-state index contributed by atoms with van der Waals surface area (Å²) >= 11 is 1.77. The van der Waals surface area contributed by atoms with E-state index in [1.807, 2.05) is 6.07 Å². The zero-order valence-corrected chi connectivity index (χ0v) is 22.7. The molecule has 5 heteroatoms. The van der Waals surface area contributed by atoms with Crippen LogP contribution in [0.5, 0.6) is 5.75 Å². The maximum atomic E-state index is 13.8. The fourth-order valence-electron chi connectivity index (χ4n) is 5.09. The summed E-state index contributed by atoms with van der Waals surface area (Å²) in [6.07, 6.45) is 2.30. The average molecular weight is 491 g/mol. The van der Waals surface area contributed by atoms with Crippen molar-refractivity contribution in [3.63, 3.8) is 0 Å². The van der Waals surface area contributed by atoms with Gasteiger partial charge in [-0.05, 0) is 60.9 Å². The summed E-state index contributed by atoms with van der Waals surface area (Å²) in [6, 6.07) is 19.1. The van der Waals surface area contributed by atoms with Crippen molar-refractivity contribution >= 4 is 17.2 Å². The molecule has 1 fully saturated rings. The number of ether oxygens (including phenoxy) is 1. The lowest BCUT2D eigenvalue weighted by Gasteiger charge is -2.32. The van der Waals surface area contributed by atoms with Gasteiger partial charge in [0.15, 0.2) is 0 Å². The zero-order chi connectivity index (χ0) is 25.2. The minimum absolute atomic E-state index is 0.0178. The number of hydrogen-bond acceptors (Lipinski definition) is 4. The van der Waals surface area contributed by atoms with E-state index in [0.29, 0.717) is 13.0 Å². The Labute approximate surface area is 214 Å². The van der Waals surface area contributed by atoms with E-state index in [1.54, 1.807) is 18.4 Å². The number of methoxy groups -OCH3 is 1. The molecule has 1 aliphatic rings. The summed E-state index contributed by atoms with van der Waals surface area (Å²) < 4.78 is 5.67. The molecule has 1 saturated heterocycles. The van der Waals surface area contributed by atoms with Crippen LogP contribution in [0.15, 0.2) is 54.6 Å². The Morgan fingerprint density at radius 1 is 1.06 bits per heavy atom. The van der Waals surface area contributed by atoms with Gasteiger partial charge in [0.25, 0.3) is 0 Å². The van der Waals surface area contributed by atoms with E-state index in [0.717, 1.165) is 29.7 Å². The van der Waals surface area contributed by atoms with E-state index in [4.69, 9.17) is 4.74 Å². The summed E-state index contributed by atoms with van der Waals surface area (Å²) in [4.78, 5) is 18.3.